The summed E-state index contributed by atoms with van der Waals surface area (Å²) in [5.41, 5.74) is 1.88. The highest BCUT2D eigenvalue weighted by molar-refractivity contribution is 5.55. The second-order valence-corrected chi connectivity index (χ2v) is 5.82. The van der Waals surface area contributed by atoms with Gasteiger partial charge in [-0.2, -0.15) is 0 Å². The fourth-order valence-electron chi connectivity index (χ4n) is 2.81. The largest absolute Gasteiger partial charge is 0.504 e. The van der Waals surface area contributed by atoms with Crippen LogP contribution >= 0.6 is 0 Å². The molecule has 0 bridgehead atoms. The lowest BCUT2D eigenvalue weighted by molar-refractivity contribution is 0.00834. The van der Waals surface area contributed by atoms with E-state index in [0.29, 0.717) is 17.2 Å². The lowest BCUT2D eigenvalue weighted by atomic mass is 10.0. The Bertz CT molecular complexity index is 754. The van der Waals surface area contributed by atoms with Crippen LogP contribution in [0, 0.1) is 0 Å². The van der Waals surface area contributed by atoms with Crippen LogP contribution in [0.25, 0.3) is 6.08 Å². The van der Waals surface area contributed by atoms with Gasteiger partial charge in [-0.05, 0) is 49.2 Å². The molecular formula is C21H26O5. The van der Waals surface area contributed by atoms with Crippen LogP contribution in [0.4, 0.5) is 0 Å². The summed E-state index contributed by atoms with van der Waals surface area (Å²) in [5.74, 6) is 1.78. The first-order chi connectivity index (χ1) is 12.5. The Balaban J connectivity index is 2.25. The normalized spacial score (nSPS) is 13.4. The molecule has 2 rings (SSSR count). The van der Waals surface area contributed by atoms with E-state index in [0.717, 1.165) is 11.1 Å². The SMILES string of the molecule is C/C=C/c1ccc(OC(C)C(OC)c2ccc(O)c(OC)c2)c(OC)c1. The Labute approximate surface area is 154 Å². The van der Waals surface area contributed by atoms with Crippen molar-refractivity contribution in [3.63, 3.8) is 0 Å². The standard InChI is InChI=1S/C21H26O5/c1-6-7-15-8-11-18(20(12-15)24-4)26-14(2)21(25-5)16-9-10-17(22)19(13-16)23-3/h6-14,21-22H,1-5H3/b7-6+. The van der Waals surface area contributed by atoms with Gasteiger partial charge >= 0.3 is 0 Å². The van der Waals surface area contributed by atoms with Gasteiger partial charge in [-0.3, -0.25) is 0 Å². The number of allylic oxidation sites excluding steroid dienone is 1. The summed E-state index contributed by atoms with van der Waals surface area (Å²) in [7, 11) is 4.75. The third-order valence-corrected chi connectivity index (χ3v) is 4.07. The van der Waals surface area contributed by atoms with Gasteiger partial charge in [0.15, 0.2) is 23.0 Å². The van der Waals surface area contributed by atoms with Gasteiger partial charge < -0.3 is 24.1 Å². The molecular weight excluding hydrogens is 332 g/mol. The zero-order valence-electron chi connectivity index (χ0n) is 15.9. The van der Waals surface area contributed by atoms with Crippen molar-refractivity contribution in [2.75, 3.05) is 21.3 Å². The number of aromatic hydroxyl groups is 1. The van der Waals surface area contributed by atoms with Gasteiger partial charge in [0.1, 0.15) is 12.2 Å². The average Bonchev–Trinajstić information content (AvgIpc) is 2.65. The van der Waals surface area contributed by atoms with Crippen molar-refractivity contribution in [3.8, 4) is 23.0 Å². The molecule has 0 saturated heterocycles. The summed E-state index contributed by atoms with van der Waals surface area (Å²) < 4.78 is 22.4. The summed E-state index contributed by atoms with van der Waals surface area (Å²) in [6, 6.07) is 10.9. The van der Waals surface area contributed by atoms with E-state index in [1.165, 1.54) is 7.11 Å². The van der Waals surface area contributed by atoms with Crippen molar-refractivity contribution in [2.24, 2.45) is 0 Å². The number of phenolic OH excluding ortho intramolecular Hbond substituents is 1. The molecule has 1 N–H and O–H groups in total. The number of rotatable bonds is 8. The molecule has 0 fully saturated rings. The van der Waals surface area contributed by atoms with Crippen LogP contribution < -0.4 is 14.2 Å². The lowest BCUT2D eigenvalue weighted by Crippen LogP contribution is -2.23. The summed E-state index contributed by atoms with van der Waals surface area (Å²) in [6.45, 7) is 3.89. The molecule has 2 unspecified atom stereocenters. The second-order valence-electron chi connectivity index (χ2n) is 5.82. The molecule has 0 spiro atoms. The molecule has 5 nitrogen and oxygen atoms in total. The van der Waals surface area contributed by atoms with Crippen molar-refractivity contribution in [1.82, 2.24) is 0 Å². The van der Waals surface area contributed by atoms with E-state index in [1.54, 1.807) is 32.4 Å². The molecule has 0 heterocycles. The fraction of sp³-hybridized carbons (Fsp3) is 0.333. The highest BCUT2D eigenvalue weighted by atomic mass is 16.5. The molecule has 0 saturated carbocycles. The number of hydrogen-bond donors (Lipinski definition) is 1. The fourth-order valence-corrected chi connectivity index (χ4v) is 2.81. The molecule has 2 atom stereocenters. The predicted octanol–water partition coefficient (Wildman–Crippen LogP) is 4.60. The zero-order valence-corrected chi connectivity index (χ0v) is 15.9. The first-order valence-corrected chi connectivity index (χ1v) is 8.41. The third-order valence-electron chi connectivity index (χ3n) is 4.07. The number of hydrogen-bond acceptors (Lipinski definition) is 5. The first-order valence-electron chi connectivity index (χ1n) is 8.41. The van der Waals surface area contributed by atoms with Gasteiger partial charge in [-0.25, -0.2) is 0 Å². The van der Waals surface area contributed by atoms with Gasteiger partial charge in [0.25, 0.3) is 0 Å². The molecule has 0 radical (unpaired) electrons. The molecule has 0 amide bonds. The van der Waals surface area contributed by atoms with Crippen LogP contribution in [0.1, 0.15) is 31.1 Å². The van der Waals surface area contributed by atoms with Crippen molar-refractivity contribution in [2.45, 2.75) is 26.1 Å². The van der Waals surface area contributed by atoms with E-state index in [4.69, 9.17) is 18.9 Å². The Hall–Kier alpha value is -2.66. The minimum absolute atomic E-state index is 0.0842. The molecule has 2 aromatic carbocycles. The van der Waals surface area contributed by atoms with Crippen LogP contribution in [0.3, 0.4) is 0 Å². The van der Waals surface area contributed by atoms with E-state index in [9.17, 15) is 5.11 Å². The summed E-state index contributed by atoms with van der Waals surface area (Å²) in [6.07, 6.45) is 3.33. The minimum atomic E-state index is -0.343. The Morgan fingerprint density at radius 1 is 0.923 bits per heavy atom. The van der Waals surface area contributed by atoms with Gasteiger partial charge in [0, 0.05) is 7.11 Å². The molecule has 26 heavy (non-hydrogen) atoms. The quantitative estimate of drug-likeness (QED) is 0.747. The summed E-state index contributed by atoms with van der Waals surface area (Å²) in [4.78, 5) is 0. The topological polar surface area (TPSA) is 57.2 Å². The van der Waals surface area contributed by atoms with E-state index >= 15 is 0 Å². The zero-order chi connectivity index (χ0) is 19.1. The van der Waals surface area contributed by atoms with Gasteiger partial charge in [0.05, 0.1) is 14.2 Å². The molecule has 5 heteroatoms. The van der Waals surface area contributed by atoms with Crippen molar-refractivity contribution >= 4 is 6.08 Å². The molecule has 0 aliphatic carbocycles. The lowest BCUT2D eigenvalue weighted by Gasteiger charge is -2.25. The van der Waals surface area contributed by atoms with Gasteiger partial charge in [-0.15, -0.1) is 0 Å². The summed E-state index contributed by atoms with van der Waals surface area (Å²) >= 11 is 0. The van der Waals surface area contributed by atoms with E-state index < -0.39 is 0 Å². The van der Waals surface area contributed by atoms with Crippen LogP contribution in [0.2, 0.25) is 0 Å². The molecule has 140 valence electrons. The van der Waals surface area contributed by atoms with Crippen molar-refractivity contribution in [3.05, 3.63) is 53.6 Å². The maximum Gasteiger partial charge on any atom is 0.161 e. The van der Waals surface area contributed by atoms with Crippen molar-refractivity contribution in [1.29, 1.82) is 0 Å². The number of benzene rings is 2. The van der Waals surface area contributed by atoms with E-state index in [2.05, 4.69) is 0 Å². The smallest absolute Gasteiger partial charge is 0.161 e. The summed E-state index contributed by atoms with van der Waals surface area (Å²) in [5, 5.41) is 9.78. The van der Waals surface area contributed by atoms with Crippen LogP contribution in [0.5, 0.6) is 23.0 Å². The monoisotopic (exact) mass is 358 g/mol. The van der Waals surface area contributed by atoms with Crippen LogP contribution in [0.15, 0.2) is 42.5 Å². The predicted molar refractivity (Wildman–Crippen MR) is 102 cm³/mol. The van der Waals surface area contributed by atoms with Gasteiger partial charge in [0.2, 0.25) is 0 Å². The van der Waals surface area contributed by atoms with Gasteiger partial charge in [-0.1, -0.05) is 24.3 Å². The Kier molecular flexibility index (Phi) is 6.92. The van der Waals surface area contributed by atoms with Crippen LogP contribution in [-0.2, 0) is 4.74 Å². The third kappa shape index (κ3) is 4.49. The first kappa shape index (κ1) is 19.7. The average molecular weight is 358 g/mol. The van der Waals surface area contributed by atoms with Crippen LogP contribution in [-0.4, -0.2) is 32.5 Å². The Morgan fingerprint density at radius 3 is 2.27 bits per heavy atom. The molecule has 0 aliphatic heterocycles. The second kappa shape index (κ2) is 9.15. The minimum Gasteiger partial charge on any atom is -0.504 e. The molecule has 0 aromatic heterocycles. The highest BCUT2D eigenvalue weighted by Gasteiger charge is 2.23. The molecule has 0 aliphatic rings. The maximum atomic E-state index is 9.78. The molecule has 2 aromatic rings. The maximum absolute atomic E-state index is 9.78. The Morgan fingerprint density at radius 2 is 1.65 bits per heavy atom. The van der Waals surface area contributed by atoms with Crippen molar-refractivity contribution < 1.29 is 24.1 Å². The number of ether oxygens (including phenoxy) is 4. The number of phenols is 1. The van der Waals surface area contributed by atoms with E-state index in [1.807, 2.05) is 44.2 Å². The van der Waals surface area contributed by atoms with E-state index in [-0.39, 0.29) is 18.0 Å². The highest BCUT2D eigenvalue weighted by Crippen LogP contribution is 2.35. The number of methoxy groups -OCH3 is 3.